The molecular formula is C14H27N3O8. The van der Waals surface area contributed by atoms with Crippen molar-refractivity contribution in [3.05, 3.63) is 0 Å². The summed E-state index contributed by atoms with van der Waals surface area (Å²) in [6, 6.07) is -0.785. The zero-order chi connectivity index (χ0) is 19.0. The Bertz CT molecular complexity index is 452. The van der Waals surface area contributed by atoms with E-state index < -0.39 is 42.0 Å². The monoisotopic (exact) mass is 365 g/mol. The van der Waals surface area contributed by atoms with E-state index in [9.17, 15) is 30.0 Å². The molecule has 1 heterocycles. The number of nitrogens with two attached hydrogens (primary N) is 1. The van der Waals surface area contributed by atoms with Gasteiger partial charge in [0.2, 0.25) is 11.7 Å². The smallest absolute Gasteiger partial charge is 0.305 e. The van der Waals surface area contributed by atoms with Crippen LogP contribution in [0.4, 0.5) is 0 Å². The molecule has 0 aromatic rings. The molecular weight excluding hydrogens is 338 g/mol. The van der Waals surface area contributed by atoms with E-state index in [0.717, 1.165) is 0 Å². The number of aliphatic hydroxyl groups is 4. The fraction of sp³-hybridized carbons (Fsp3) is 0.857. The van der Waals surface area contributed by atoms with Crippen molar-refractivity contribution in [2.75, 3.05) is 26.2 Å². The van der Waals surface area contributed by atoms with Gasteiger partial charge in [0.1, 0.15) is 18.3 Å². The largest absolute Gasteiger partial charge is 0.481 e. The highest BCUT2D eigenvalue weighted by molar-refractivity contribution is 5.81. The predicted molar refractivity (Wildman–Crippen MR) is 84.3 cm³/mol. The maximum Gasteiger partial charge on any atom is 0.305 e. The van der Waals surface area contributed by atoms with Crippen LogP contribution in [-0.2, 0) is 14.3 Å². The zero-order valence-corrected chi connectivity index (χ0v) is 13.8. The Hall–Kier alpha value is -1.34. The normalized spacial score (nSPS) is 30.7. The first kappa shape index (κ1) is 21.7. The molecule has 11 nitrogen and oxygen atoms in total. The summed E-state index contributed by atoms with van der Waals surface area (Å²) in [6.45, 7) is -0.126. The van der Waals surface area contributed by atoms with Crippen LogP contribution in [0, 0.1) is 0 Å². The number of carboxylic acid groups (broad SMARTS) is 1. The average Bonchev–Trinajstić information content (AvgIpc) is 2.56. The molecule has 1 aliphatic heterocycles. The molecule has 5 atom stereocenters. The Morgan fingerprint density at radius 1 is 1.28 bits per heavy atom. The highest BCUT2D eigenvalue weighted by atomic mass is 16.6. The highest BCUT2D eigenvalue weighted by Gasteiger charge is 2.48. The Balaban J connectivity index is 2.20. The average molecular weight is 365 g/mol. The fourth-order valence-corrected chi connectivity index (χ4v) is 2.32. The Morgan fingerprint density at radius 3 is 2.60 bits per heavy atom. The van der Waals surface area contributed by atoms with Crippen LogP contribution in [0.15, 0.2) is 0 Å². The van der Waals surface area contributed by atoms with Gasteiger partial charge in [0, 0.05) is 6.54 Å². The van der Waals surface area contributed by atoms with Gasteiger partial charge in [0.15, 0.2) is 0 Å². The minimum atomic E-state index is -2.02. The summed E-state index contributed by atoms with van der Waals surface area (Å²) in [7, 11) is 0. The van der Waals surface area contributed by atoms with Crippen molar-refractivity contribution in [1.29, 1.82) is 0 Å². The maximum atomic E-state index is 11.6. The van der Waals surface area contributed by atoms with E-state index in [2.05, 4.69) is 10.6 Å². The topological polar surface area (TPSA) is 195 Å². The SMILES string of the molecule is N[C@@H](CCCNCC1(O)OC[C@@H](O)[C@@H](O)[C@@H]1O)C(=O)NCCC(=O)O. The molecule has 0 bridgehead atoms. The lowest BCUT2D eigenvalue weighted by Crippen LogP contribution is -2.64. The number of rotatable bonds is 10. The molecule has 0 spiro atoms. The van der Waals surface area contributed by atoms with Crippen LogP contribution in [0.2, 0.25) is 0 Å². The second kappa shape index (κ2) is 9.97. The Kier molecular flexibility index (Phi) is 8.65. The van der Waals surface area contributed by atoms with Crippen LogP contribution >= 0.6 is 0 Å². The summed E-state index contributed by atoms with van der Waals surface area (Å²) in [5.41, 5.74) is 5.68. The zero-order valence-electron chi connectivity index (χ0n) is 13.8. The Morgan fingerprint density at radius 2 is 1.96 bits per heavy atom. The van der Waals surface area contributed by atoms with Crippen LogP contribution in [-0.4, -0.2) is 93.8 Å². The third kappa shape index (κ3) is 6.82. The van der Waals surface area contributed by atoms with E-state index in [1.165, 1.54) is 0 Å². The molecule has 146 valence electrons. The second-order valence-electron chi connectivity index (χ2n) is 6.02. The van der Waals surface area contributed by atoms with Crippen molar-refractivity contribution in [2.24, 2.45) is 5.73 Å². The molecule has 1 amide bonds. The van der Waals surface area contributed by atoms with Gasteiger partial charge in [-0.1, -0.05) is 0 Å². The predicted octanol–water partition coefficient (Wildman–Crippen LogP) is -3.92. The third-order valence-corrected chi connectivity index (χ3v) is 3.91. The van der Waals surface area contributed by atoms with Gasteiger partial charge in [-0.3, -0.25) is 9.59 Å². The van der Waals surface area contributed by atoms with Crippen molar-refractivity contribution in [3.8, 4) is 0 Å². The number of carboxylic acids is 1. The van der Waals surface area contributed by atoms with Gasteiger partial charge >= 0.3 is 5.97 Å². The van der Waals surface area contributed by atoms with Gasteiger partial charge in [-0.05, 0) is 19.4 Å². The standard InChI is InChI=1S/C14H27N3O8/c15-8(13(23)17-5-3-10(19)20)2-1-4-16-7-14(24)12(22)11(21)9(18)6-25-14/h8-9,11-12,16,18,21-22,24H,1-7,15H2,(H,17,23)(H,19,20)/t8-,9+,11+,12-,14?/m0/s1. The molecule has 0 aromatic heterocycles. The van der Waals surface area contributed by atoms with Gasteiger partial charge in [-0.2, -0.15) is 0 Å². The number of aliphatic carboxylic acids is 1. The fourth-order valence-electron chi connectivity index (χ4n) is 2.32. The number of carbonyl (C=O) groups is 2. The lowest BCUT2D eigenvalue weighted by atomic mass is 9.97. The van der Waals surface area contributed by atoms with E-state index in [1.54, 1.807) is 0 Å². The molecule has 0 saturated carbocycles. The van der Waals surface area contributed by atoms with Crippen LogP contribution in [0.1, 0.15) is 19.3 Å². The summed E-state index contributed by atoms with van der Waals surface area (Å²) in [6.07, 6.45) is -3.82. The second-order valence-corrected chi connectivity index (χ2v) is 6.02. The van der Waals surface area contributed by atoms with Crippen molar-refractivity contribution < 1.29 is 39.9 Å². The quantitative estimate of drug-likeness (QED) is 0.177. The molecule has 1 unspecified atom stereocenters. The lowest BCUT2D eigenvalue weighted by Gasteiger charge is -2.41. The van der Waals surface area contributed by atoms with E-state index in [4.69, 9.17) is 15.6 Å². The molecule has 0 aromatic carbocycles. The molecule has 1 aliphatic rings. The van der Waals surface area contributed by atoms with Crippen LogP contribution < -0.4 is 16.4 Å². The first-order chi connectivity index (χ1) is 11.7. The molecule has 9 N–H and O–H groups in total. The van der Waals surface area contributed by atoms with E-state index in [1.807, 2.05) is 0 Å². The molecule has 11 heteroatoms. The van der Waals surface area contributed by atoms with E-state index >= 15 is 0 Å². The maximum absolute atomic E-state index is 11.6. The molecule has 1 saturated heterocycles. The highest BCUT2D eigenvalue weighted by Crippen LogP contribution is 2.23. The van der Waals surface area contributed by atoms with Crippen LogP contribution in [0.5, 0.6) is 0 Å². The van der Waals surface area contributed by atoms with Crippen molar-refractivity contribution in [2.45, 2.75) is 49.4 Å². The van der Waals surface area contributed by atoms with Gasteiger partial charge in [-0.15, -0.1) is 0 Å². The van der Waals surface area contributed by atoms with Gasteiger partial charge in [0.05, 0.1) is 25.6 Å². The summed E-state index contributed by atoms with van der Waals surface area (Å²) in [4.78, 5) is 21.9. The number of amides is 1. The first-order valence-electron chi connectivity index (χ1n) is 8.03. The van der Waals surface area contributed by atoms with Gasteiger partial charge < -0.3 is 46.6 Å². The minimum Gasteiger partial charge on any atom is -0.481 e. The van der Waals surface area contributed by atoms with Gasteiger partial charge in [0.25, 0.3) is 0 Å². The van der Waals surface area contributed by atoms with Crippen molar-refractivity contribution in [3.63, 3.8) is 0 Å². The van der Waals surface area contributed by atoms with E-state index in [0.29, 0.717) is 19.4 Å². The summed E-state index contributed by atoms with van der Waals surface area (Å²) in [5.74, 6) is -3.47. The molecule has 25 heavy (non-hydrogen) atoms. The van der Waals surface area contributed by atoms with E-state index in [-0.39, 0.29) is 26.1 Å². The van der Waals surface area contributed by atoms with Crippen molar-refractivity contribution >= 4 is 11.9 Å². The summed E-state index contributed by atoms with van der Waals surface area (Å²) in [5, 5.41) is 52.5. The lowest BCUT2D eigenvalue weighted by molar-refractivity contribution is -0.317. The van der Waals surface area contributed by atoms with Crippen LogP contribution in [0.25, 0.3) is 0 Å². The molecule has 0 radical (unpaired) electrons. The minimum absolute atomic E-state index is 0.0105. The van der Waals surface area contributed by atoms with Crippen molar-refractivity contribution in [1.82, 2.24) is 10.6 Å². The number of ether oxygens (including phenoxy) is 1. The number of nitrogens with one attached hydrogen (secondary N) is 2. The summed E-state index contributed by atoms with van der Waals surface area (Å²) < 4.78 is 4.99. The third-order valence-electron chi connectivity index (χ3n) is 3.91. The number of hydrogen-bond donors (Lipinski definition) is 8. The number of aliphatic hydroxyl groups excluding tert-OH is 3. The molecule has 1 fully saturated rings. The first-order valence-corrected chi connectivity index (χ1v) is 8.03. The number of hydrogen-bond acceptors (Lipinski definition) is 9. The Labute approximate surface area is 144 Å². The molecule has 0 aliphatic carbocycles. The van der Waals surface area contributed by atoms with Gasteiger partial charge in [-0.25, -0.2) is 0 Å². The number of carbonyl (C=O) groups excluding carboxylic acids is 1. The molecule has 1 rings (SSSR count). The van der Waals surface area contributed by atoms with Crippen LogP contribution in [0.3, 0.4) is 0 Å². The summed E-state index contributed by atoms with van der Waals surface area (Å²) >= 11 is 0.